The monoisotopic (exact) mass is 261 g/mol. The molecule has 1 aliphatic heterocycles. The summed E-state index contributed by atoms with van der Waals surface area (Å²) in [4.78, 5) is 11.7. The van der Waals surface area contributed by atoms with Crippen LogP contribution in [0, 0.1) is 0 Å². The molecule has 1 aliphatic rings. The topological polar surface area (TPSA) is 53.2 Å². The molecule has 0 aromatic heterocycles. The van der Waals surface area contributed by atoms with Gasteiger partial charge in [0.25, 0.3) is 0 Å². The predicted octanol–water partition coefficient (Wildman–Crippen LogP) is 1.34. The first-order valence-corrected chi connectivity index (χ1v) is 7.10. The van der Waals surface area contributed by atoms with E-state index in [4.69, 9.17) is 0 Å². The van der Waals surface area contributed by atoms with Crippen LogP contribution in [0.15, 0.2) is 24.3 Å². The van der Waals surface area contributed by atoms with Gasteiger partial charge in [0.1, 0.15) is 0 Å². The summed E-state index contributed by atoms with van der Waals surface area (Å²) in [6, 6.07) is 8.70. The van der Waals surface area contributed by atoms with Gasteiger partial charge >= 0.3 is 0 Å². The Labute approximate surface area is 115 Å². The first kappa shape index (κ1) is 14.0. The van der Waals surface area contributed by atoms with Crippen LogP contribution >= 0.6 is 0 Å². The summed E-state index contributed by atoms with van der Waals surface area (Å²) in [6.45, 7) is 5.09. The highest BCUT2D eigenvalue weighted by atomic mass is 16.1. The maximum absolute atomic E-state index is 11.7. The number of amides is 1. The Kier molecular flexibility index (Phi) is 5.36. The number of carbonyl (C=O) groups excluding carboxylic acids is 1. The molecule has 0 spiro atoms. The van der Waals surface area contributed by atoms with Crippen molar-refractivity contribution in [2.45, 2.75) is 32.4 Å². The molecule has 1 aromatic rings. The van der Waals surface area contributed by atoms with Crippen molar-refractivity contribution in [2.24, 2.45) is 0 Å². The molecule has 1 heterocycles. The second kappa shape index (κ2) is 7.26. The predicted molar refractivity (Wildman–Crippen MR) is 76.8 cm³/mol. The van der Waals surface area contributed by atoms with E-state index in [1.165, 1.54) is 11.1 Å². The van der Waals surface area contributed by atoms with Crippen LogP contribution in [0.5, 0.6) is 0 Å². The van der Waals surface area contributed by atoms with Crippen LogP contribution in [-0.2, 0) is 11.3 Å². The summed E-state index contributed by atoms with van der Waals surface area (Å²) in [6.07, 6.45) is 1.99. The summed E-state index contributed by atoms with van der Waals surface area (Å²) in [5.41, 5.74) is 2.64. The molecular weight excluding hydrogens is 238 g/mol. The fraction of sp³-hybridized carbons (Fsp3) is 0.533. The molecule has 3 N–H and O–H groups in total. The van der Waals surface area contributed by atoms with E-state index in [9.17, 15) is 4.79 Å². The van der Waals surface area contributed by atoms with Gasteiger partial charge in [0.15, 0.2) is 0 Å². The van der Waals surface area contributed by atoms with Crippen LogP contribution in [0.4, 0.5) is 0 Å². The SMILES string of the molecule is CCCNC(=O)CNC1CCNCc2ccccc21. The fourth-order valence-corrected chi connectivity index (χ4v) is 2.41. The van der Waals surface area contributed by atoms with E-state index in [0.717, 1.165) is 32.5 Å². The first-order valence-electron chi connectivity index (χ1n) is 7.10. The molecule has 0 fully saturated rings. The second-order valence-electron chi connectivity index (χ2n) is 4.95. The van der Waals surface area contributed by atoms with Crippen LogP contribution in [0.25, 0.3) is 0 Å². The third kappa shape index (κ3) is 4.04. The van der Waals surface area contributed by atoms with E-state index in [2.05, 4.69) is 47.1 Å². The third-order valence-corrected chi connectivity index (χ3v) is 3.44. The van der Waals surface area contributed by atoms with E-state index in [1.807, 2.05) is 0 Å². The van der Waals surface area contributed by atoms with Gasteiger partial charge in [-0.15, -0.1) is 0 Å². The van der Waals surface area contributed by atoms with E-state index in [1.54, 1.807) is 0 Å². The van der Waals surface area contributed by atoms with Crippen molar-refractivity contribution in [2.75, 3.05) is 19.6 Å². The fourth-order valence-electron chi connectivity index (χ4n) is 2.41. The smallest absolute Gasteiger partial charge is 0.233 e. The molecule has 1 aromatic carbocycles. The number of fused-ring (bicyclic) bond motifs is 1. The highest BCUT2D eigenvalue weighted by Crippen LogP contribution is 2.22. The van der Waals surface area contributed by atoms with Crippen LogP contribution in [0.3, 0.4) is 0 Å². The zero-order valence-electron chi connectivity index (χ0n) is 11.5. The number of rotatable bonds is 5. The number of hydrogen-bond acceptors (Lipinski definition) is 3. The van der Waals surface area contributed by atoms with Gasteiger partial charge in [0.2, 0.25) is 5.91 Å². The van der Waals surface area contributed by atoms with Gasteiger partial charge in [0, 0.05) is 19.1 Å². The summed E-state index contributed by atoms with van der Waals surface area (Å²) in [7, 11) is 0. The zero-order valence-corrected chi connectivity index (χ0v) is 11.5. The summed E-state index contributed by atoms with van der Waals surface area (Å²) >= 11 is 0. The molecule has 0 radical (unpaired) electrons. The minimum Gasteiger partial charge on any atom is -0.355 e. The van der Waals surface area contributed by atoms with E-state index in [-0.39, 0.29) is 11.9 Å². The standard InChI is InChI=1S/C15H23N3O/c1-2-8-17-15(19)11-18-14-7-9-16-10-12-5-3-4-6-13(12)14/h3-6,14,16,18H,2,7-11H2,1H3,(H,17,19). The minimum atomic E-state index is 0.0801. The lowest BCUT2D eigenvalue weighted by Gasteiger charge is -2.18. The average Bonchev–Trinajstić information content (AvgIpc) is 2.65. The number of carbonyl (C=O) groups is 1. The Balaban J connectivity index is 1.94. The maximum Gasteiger partial charge on any atom is 0.233 e. The van der Waals surface area contributed by atoms with Crippen molar-refractivity contribution in [1.82, 2.24) is 16.0 Å². The van der Waals surface area contributed by atoms with E-state index < -0.39 is 0 Å². The molecule has 0 saturated carbocycles. The van der Waals surface area contributed by atoms with Gasteiger partial charge in [-0.05, 0) is 30.5 Å². The minimum absolute atomic E-state index is 0.0801. The Bertz CT molecular complexity index is 420. The van der Waals surface area contributed by atoms with Crippen molar-refractivity contribution < 1.29 is 4.79 Å². The highest BCUT2D eigenvalue weighted by Gasteiger charge is 2.18. The molecule has 0 saturated heterocycles. The molecule has 104 valence electrons. The van der Waals surface area contributed by atoms with Crippen molar-refractivity contribution in [3.63, 3.8) is 0 Å². The van der Waals surface area contributed by atoms with Crippen molar-refractivity contribution in [3.05, 3.63) is 35.4 Å². The largest absolute Gasteiger partial charge is 0.355 e. The quantitative estimate of drug-likeness (QED) is 0.749. The summed E-state index contributed by atoms with van der Waals surface area (Å²) < 4.78 is 0. The second-order valence-corrected chi connectivity index (χ2v) is 4.95. The lowest BCUT2D eigenvalue weighted by atomic mass is 9.99. The average molecular weight is 261 g/mol. The van der Waals surface area contributed by atoms with Gasteiger partial charge in [-0.1, -0.05) is 31.2 Å². The van der Waals surface area contributed by atoms with Gasteiger partial charge in [-0.2, -0.15) is 0 Å². The molecule has 0 bridgehead atoms. The van der Waals surface area contributed by atoms with Gasteiger partial charge in [-0.3, -0.25) is 4.79 Å². The van der Waals surface area contributed by atoms with Crippen molar-refractivity contribution in [1.29, 1.82) is 0 Å². The molecule has 4 nitrogen and oxygen atoms in total. The first-order chi connectivity index (χ1) is 9.31. The molecule has 1 unspecified atom stereocenters. The van der Waals surface area contributed by atoms with Crippen LogP contribution in [0.2, 0.25) is 0 Å². The lowest BCUT2D eigenvalue weighted by molar-refractivity contribution is -0.120. The molecular formula is C15H23N3O. The van der Waals surface area contributed by atoms with Crippen molar-refractivity contribution in [3.8, 4) is 0 Å². The van der Waals surface area contributed by atoms with E-state index in [0.29, 0.717) is 6.54 Å². The molecule has 2 rings (SSSR count). The Morgan fingerprint density at radius 1 is 1.42 bits per heavy atom. The van der Waals surface area contributed by atoms with Gasteiger partial charge in [-0.25, -0.2) is 0 Å². The molecule has 19 heavy (non-hydrogen) atoms. The molecule has 1 amide bonds. The Morgan fingerprint density at radius 3 is 3.11 bits per heavy atom. The highest BCUT2D eigenvalue weighted by molar-refractivity contribution is 5.78. The van der Waals surface area contributed by atoms with Crippen LogP contribution in [-0.4, -0.2) is 25.5 Å². The van der Waals surface area contributed by atoms with Crippen LogP contribution < -0.4 is 16.0 Å². The Hall–Kier alpha value is -1.39. The van der Waals surface area contributed by atoms with Crippen LogP contribution in [0.1, 0.15) is 36.9 Å². The van der Waals surface area contributed by atoms with Gasteiger partial charge < -0.3 is 16.0 Å². The third-order valence-electron chi connectivity index (χ3n) is 3.44. The molecule has 4 heteroatoms. The molecule has 1 atom stereocenters. The number of nitrogens with one attached hydrogen (secondary N) is 3. The number of benzene rings is 1. The summed E-state index contributed by atoms with van der Waals surface area (Å²) in [5, 5.41) is 9.68. The Morgan fingerprint density at radius 2 is 2.26 bits per heavy atom. The summed E-state index contributed by atoms with van der Waals surface area (Å²) in [5.74, 6) is 0.0801. The number of hydrogen-bond donors (Lipinski definition) is 3. The maximum atomic E-state index is 11.7. The van der Waals surface area contributed by atoms with Gasteiger partial charge in [0.05, 0.1) is 6.54 Å². The zero-order chi connectivity index (χ0) is 13.5. The van der Waals surface area contributed by atoms with Crippen molar-refractivity contribution >= 4 is 5.91 Å². The lowest BCUT2D eigenvalue weighted by Crippen LogP contribution is -2.36. The van der Waals surface area contributed by atoms with E-state index >= 15 is 0 Å². The molecule has 0 aliphatic carbocycles. The normalized spacial score (nSPS) is 18.5.